The predicted octanol–water partition coefficient (Wildman–Crippen LogP) is 3.15. The molecular formula is C24H46N4O. The Morgan fingerprint density at radius 2 is 1.07 bits per heavy atom. The minimum atomic E-state index is 0.237. The quantitative estimate of drug-likeness (QED) is 0.720. The van der Waals surface area contributed by atoms with Gasteiger partial charge in [0.15, 0.2) is 0 Å². The van der Waals surface area contributed by atoms with Crippen molar-refractivity contribution in [1.82, 2.24) is 19.6 Å². The average molecular weight is 407 g/mol. The molecule has 5 heteroatoms. The fourth-order valence-electron chi connectivity index (χ4n) is 5.53. The molecule has 0 N–H and O–H groups in total. The largest absolute Gasteiger partial charge is 0.342 e. The molecule has 3 rings (SSSR count). The lowest BCUT2D eigenvalue weighted by atomic mass is 9.78. The van der Waals surface area contributed by atoms with Gasteiger partial charge in [-0.3, -0.25) is 19.5 Å². The molecule has 0 aromatic carbocycles. The van der Waals surface area contributed by atoms with Crippen LogP contribution in [0.1, 0.15) is 67.2 Å². The van der Waals surface area contributed by atoms with Gasteiger partial charge in [0.1, 0.15) is 0 Å². The molecule has 3 fully saturated rings. The van der Waals surface area contributed by atoms with Gasteiger partial charge in [-0.05, 0) is 92.2 Å². The van der Waals surface area contributed by atoms with Gasteiger partial charge in [-0.15, -0.1) is 0 Å². The predicted molar refractivity (Wildman–Crippen MR) is 121 cm³/mol. The van der Waals surface area contributed by atoms with Crippen LogP contribution in [-0.4, -0.2) is 95.5 Å². The number of hydrogen-bond acceptors (Lipinski definition) is 4. The van der Waals surface area contributed by atoms with Crippen molar-refractivity contribution in [2.45, 2.75) is 78.3 Å². The topological polar surface area (TPSA) is 30.0 Å². The molecule has 0 aliphatic carbocycles. The first-order valence-electron chi connectivity index (χ1n) is 12.0. The molecular weight excluding hydrogens is 360 g/mol. The van der Waals surface area contributed by atoms with Crippen LogP contribution < -0.4 is 0 Å². The van der Waals surface area contributed by atoms with Crippen molar-refractivity contribution in [3.05, 3.63) is 0 Å². The number of amides is 1. The third-order valence-corrected chi connectivity index (χ3v) is 7.73. The molecule has 0 bridgehead atoms. The van der Waals surface area contributed by atoms with Gasteiger partial charge in [0.05, 0.1) is 6.54 Å². The van der Waals surface area contributed by atoms with Gasteiger partial charge < -0.3 is 4.90 Å². The lowest BCUT2D eigenvalue weighted by Crippen LogP contribution is -2.55. The first-order chi connectivity index (χ1) is 13.5. The summed E-state index contributed by atoms with van der Waals surface area (Å²) >= 11 is 0. The van der Waals surface area contributed by atoms with Crippen molar-refractivity contribution < 1.29 is 4.79 Å². The third-order valence-electron chi connectivity index (χ3n) is 7.73. The van der Waals surface area contributed by atoms with Crippen LogP contribution in [0.2, 0.25) is 0 Å². The van der Waals surface area contributed by atoms with Crippen LogP contribution in [0.5, 0.6) is 0 Å². The molecule has 168 valence electrons. The van der Waals surface area contributed by atoms with Crippen LogP contribution in [0.4, 0.5) is 0 Å². The lowest BCUT2D eigenvalue weighted by molar-refractivity contribution is -0.134. The van der Waals surface area contributed by atoms with Gasteiger partial charge in [-0.1, -0.05) is 0 Å². The maximum Gasteiger partial charge on any atom is 0.236 e. The number of nitrogens with zero attached hydrogens (tertiary/aromatic N) is 4. The summed E-state index contributed by atoms with van der Waals surface area (Å²) in [6, 6.07) is 0. The minimum Gasteiger partial charge on any atom is -0.342 e. The molecule has 0 aromatic rings. The highest BCUT2D eigenvalue weighted by Gasteiger charge is 2.34. The Morgan fingerprint density at radius 1 is 0.655 bits per heavy atom. The summed E-state index contributed by atoms with van der Waals surface area (Å²) in [5.74, 6) is 2.06. The SMILES string of the molecule is CC(C)(C)N1CCC(C2CCN(C(=O)CN3CCN(C(C)(C)C)CC3)CC2)CC1. The first kappa shape index (κ1) is 23.0. The number of piperidine rings is 2. The van der Waals surface area contributed by atoms with E-state index in [9.17, 15) is 4.79 Å². The molecule has 3 aliphatic rings. The summed E-state index contributed by atoms with van der Waals surface area (Å²) in [7, 11) is 0. The summed E-state index contributed by atoms with van der Waals surface area (Å²) in [6.07, 6.45) is 5.11. The summed E-state index contributed by atoms with van der Waals surface area (Å²) in [5.41, 5.74) is 0.542. The van der Waals surface area contributed by atoms with Crippen molar-refractivity contribution in [3.63, 3.8) is 0 Å². The highest BCUT2D eigenvalue weighted by atomic mass is 16.2. The molecule has 1 amide bonds. The van der Waals surface area contributed by atoms with E-state index in [2.05, 4.69) is 61.1 Å². The van der Waals surface area contributed by atoms with Gasteiger partial charge >= 0.3 is 0 Å². The molecule has 0 saturated carbocycles. The van der Waals surface area contributed by atoms with E-state index in [4.69, 9.17) is 0 Å². The molecule has 0 aromatic heterocycles. The van der Waals surface area contributed by atoms with Crippen molar-refractivity contribution in [1.29, 1.82) is 0 Å². The molecule has 3 heterocycles. The second-order valence-electron chi connectivity index (χ2n) is 11.6. The number of carbonyl (C=O) groups excluding carboxylic acids is 1. The highest BCUT2D eigenvalue weighted by Crippen LogP contribution is 2.34. The van der Waals surface area contributed by atoms with E-state index < -0.39 is 0 Å². The molecule has 5 nitrogen and oxygen atoms in total. The Hall–Kier alpha value is -0.650. The molecule has 0 unspecified atom stereocenters. The van der Waals surface area contributed by atoms with Gasteiger partial charge in [0.25, 0.3) is 0 Å². The third kappa shape index (κ3) is 6.18. The maximum atomic E-state index is 12.8. The average Bonchev–Trinajstić information content (AvgIpc) is 2.67. The van der Waals surface area contributed by atoms with E-state index in [0.717, 1.165) is 51.1 Å². The van der Waals surface area contributed by atoms with Crippen LogP contribution in [0, 0.1) is 11.8 Å². The number of likely N-dealkylation sites (tertiary alicyclic amines) is 2. The van der Waals surface area contributed by atoms with Gasteiger partial charge in [0.2, 0.25) is 5.91 Å². The number of piperazine rings is 1. The Labute approximate surface area is 179 Å². The Balaban J connectivity index is 1.37. The zero-order valence-electron chi connectivity index (χ0n) is 20.0. The van der Waals surface area contributed by atoms with Crippen molar-refractivity contribution >= 4 is 5.91 Å². The van der Waals surface area contributed by atoms with Crippen molar-refractivity contribution in [2.75, 3.05) is 58.9 Å². The van der Waals surface area contributed by atoms with Crippen LogP contribution in [-0.2, 0) is 4.79 Å². The number of carbonyl (C=O) groups is 1. The van der Waals surface area contributed by atoms with E-state index >= 15 is 0 Å². The van der Waals surface area contributed by atoms with E-state index in [0.29, 0.717) is 18.0 Å². The van der Waals surface area contributed by atoms with E-state index in [1.165, 1.54) is 38.8 Å². The molecule has 3 saturated heterocycles. The monoisotopic (exact) mass is 406 g/mol. The Bertz CT molecular complexity index is 526. The fraction of sp³-hybridized carbons (Fsp3) is 0.958. The molecule has 29 heavy (non-hydrogen) atoms. The summed E-state index contributed by atoms with van der Waals surface area (Å²) < 4.78 is 0. The summed E-state index contributed by atoms with van der Waals surface area (Å²) in [6.45, 7) is 23.1. The standard InChI is InChI=1S/C24H46N4O/c1-23(2,3)27-13-9-21(10-14-27)20-7-11-26(12-8-20)22(29)19-25-15-17-28(18-16-25)24(4,5)6/h20-21H,7-19H2,1-6H3. The molecule has 0 atom stereocenters. The van der Waals surface area contributed by atoms with E-state index in [1.54, 1.807) is 0 Å². The molecule has 3 aliphatic heterocycles. The van der Waals surface area contributed by atoms with Crippen molar-refractivity contribution in [2.24, 2.45) is 11.8 Å². The number of rotatable bonds is 3. The van der Waals surface area contributed by atoms with Gasteiger partial charge in [-0.25, -0.2) is 0 Å². The van der Waals surface area contributed by atoms with E-state index in [1.807, 2.05) is 0 Å². The van der Waals surface area contributed by atoms with Crippen LogP contribution in [0.3, 0.4) is 0 Å². The minimum absolute atomic E-state index is 0.237. The maximum absolute atomic E-state index is 12.8. The zero-order chi connectivity index (χ0) is 21.2. The highest BCUT2D eigenvalue weighted by molar-refractivity contribution is 5.78. The zero-order valence-corrected chi connectivity index (χ0v) is 20.0. The second-order valence-corrected chi connectivity index (χ2v) is 11.6. The Kier molecular flexibility index (Phi) is 7.33. The smallest absolute Gasteiger partial charge is 0.236 e. The summed E-state index contributed by atoms with van der Waals surface area (Å²) in [5, 5.41) is 0. The van der Waals surface area contributed by atoms with Gasteiger partial charge in [0, 0.05) is 50.3 Å². The first-order valence-corrected chi connectivity index (χ1v) is 12.0. The van der Waals surface area contributed by atoms with Crippen LogP contribution >= 0.6 is 0 Å². The van der Waals surface area contributed by atoms with Crippen LogP contribution in [0.25, 0.3) is 0 Å². The fourth-order valence-corrected chi connectivity index (χ4v) is 5.53. The van der Waals surface area contributed by atoms with E-state index in [-0.39, 0.29) is 5.54 Å². The van der Waals surface area contributed by atoms with Crippen LogP contribution in [0.15, 0.2) is 0 Å². The molecule has 0 spiro atoms. The Morgan fingerprint density at radius 3 is 1.52 bits per heavy atom. The number of hydrogen-bond donors (Lipinski definition) is 0. The summed E-state index contributed by atoms with van der Waals surface area (Å²) in [4.78, 5) is 22.5. The normalized spacial score (nSPS) is 25.5. The van der Waals surface area contributed by atoms with Gasteiger partial charge in [-0.2, -0.15) is 0 Å². The molecule has 0 radical (unpaired) electrons. The van der Waals surface area contributed by atoms with Crippen molar-refractivity contribution in [3.8, 4) is 0 Å². The lowest BCUT2D eigenvalue weighted by Gasteiger charge is -2.45. The second kappa shape index (κ2) is 9.23.